The average molecular weight is 450 g/mol. The predicted octanol–water partition coefficient (Wildman–Crippen LogP) is 5.55. The summed E-state index contributed by atoms with van der Waals surface area (Å²) in [5, 5.41) is 4.83. The Hall–Kier alpha value is -2.79. The molecule has 5 rings (SSSR count). The Labute approximate surface area is 193 Å². The number of benzene rings is 2. The molecule has 1 aliphatic heterocycles. The molecule has 0 bridgehead atoms. The van der Waals surface area contributed by atoms with Crippen molar-refractivity contribution in [2.24, 2.45) is 0 Å². The van der Waals surface area contributed by atoms with Crippen LogP contribution in [0.2, 0.25) is 5.02 Å². The highest BCUT2D eigenvalue weighted by atomic mass is 35.5. The number of nitrogens with zero attached hydrogens (tertiary/aromatic N) is 2. The largest absolute Gasteiger partial charge is 0.351 e. The number of anilines is 1. The smallest absolute Gasteiger partial charge is 0.275 e. The fourth-order valence-corrected chi connectivity index (χ4v) is 5.42. The minimum Gasteiger partial charge on any atom is -0.351 e. The number of amides is 2. The van der Waals surface area contributed by atoms with Crippen LogP contribution in [0, 0.1) is 0 Å². The second-order valence-corrected chi connectivity index (χ2v) is 9.67. The van der Waals surface area contributed by atoms with Crippen LogP contribution in [0.4, 0.5) is 5.69 Å². The van der Waals surface area contributed by atoms with Gasteiger partial charge in [-0.25, -0.2) is 0 Å². The van der Waals surface area contributed by atoms with E-state index in [1.54, 1.807) is 17.0 Å². The Morgan fingerprint density at radius 1 is 1.03 bits per heavy atom. The molecule has 0 spiro atoms. The van der Waals surface area contributed by atoms with Crippen molar-refractivity contribution in [1.82, 2.24) is 9.88 Å². The summed E-state index contributed by atoms with van der Waals surface area (Å²) in [6.07, 6.45) is 6.68. The highest BCUT2D eigenvalue weighted by molar-refractivity contribution is 6.31. The van der Waals surface area contributed by atoms with Crippen LogP contribution >= 0.6 is 11.6 Å². The predicted molar refractivity (Wildman–Crippen MR) is 128 cm³/mol. The van der Waals surface area contributed by atoms with Crippen molar-refractivity contribution < 1.29 is 9.59 Å². The molecule has 1 saturated carbocycles. The van der Waals surface area contributed by atoms with Gasteiger partial charge in [0.1, 0.15) is 11.2 Å². The van der Waals surface area contributed by atoms with E-state index in [1.807, 2.05) is 54.0 Å². The van der Waals surface area contributed by atoms with Gasteiger partial charge < -0.3 is 9.88 Å². The lowest BCUT2D eigenvalue weighted by molar-refractivity contribution is -0.127. The maximum atomic E-state index is 13.8. The molecule has 6 heteroatoms. The van der Waals surface area contributed by atoms with Crippen molar-refractivity contribution in [3.63, 3.8) is 0 Å². The maximum Gasteiger partial charge on any atom is 0.275 e. The molecule has 1 aliphatic carbocycles. The zero-order valence-corrected chi connectivity index (χ0v) is 19.1. The number of carbonyl (C=O) groups is 2. The summed E-state index contributed by atoms with van der Waals surface area (Å²) in [5.41, 5.74) is 1.11. The first-order valence-corrected chi connectivity index (χ1v) is 11.8. The summed E-state index contributed by atoms with van der Waals surface area (Å²) in [5.74, 6) is -0.297. The summed E-state index contributed by atoms with van der Waals surface area (Å²) < 4.78 is 1.99. The number of hydrogen-bond acceptors (Lipinski definition) is 2. The molecule has 32 heavy (non-hydrogen) atoms. The average Bonchev–Trinajstić information content (AvgIpc) is 2.95. The number of nitrogens with one attached hydrogen (secondary N) is 1. The minimum atomic E-state index is -1.08. The van der Waals surface area contributed by atoms with E-state index in [0.717, 1.165) is 36.6 Å². The SMILES string of the molecule is C[C@]1(C(=O)NC2CCCCCC2)Cn2c(cc3ccccc32)C(=O)N1c1cccc(Cl)c1. The summed E-state index contributed by atoms with van der Waals surface area (Å²) >= 11 is 6.28. The molecule has 0 saturated heterocycles. The van der Waals surface area contributed by atoms with Crippen molar-refractivity contribution in [2.75, 3.05) is 4.90 Å². The minimum absolute atomic E-state index is 0.110. The van der Waals surface area contributed by atoms with Crippen LogP contribution in [0.3, 0.4) is 0 Å². The molecule has 3 aromatic rings. The van der Waals surface area contributed by atoms with E-state index in [4.69, 9.17) is 11.6 Å². The molecule has 1 N–H and O–H groups in total. The Bertz CT molecular complexity index is 1180. The van der Waals surface area contributed by atoms with Gasteiger partial charge in [-0.05, 0) is 50.1 Å². The highest BCUT2D eigenvalue weighted by Crippen LogP contribution is 2.37. The number of carbonyl (C=O) groups excluding carboxylic acids is 2. The lowest BCUT2D eigenvalue weighted by Crippen LogP contribution is -2.65. The zero-order chi connectivity index (χ0) is 22.3. The summed E-state index contributed by atoms with van der Waals surface area (Å²) in [7, 11) is 0. The highest BCUT2D eigenvalue weighted by Gasteiger charge is 2.49. The lowest BCUT2D eigenvalue weighted by Gasteiger charge is -2.44. The first-order chi connectivity index (χ1) is 15.5. The van der Waals surface area contributed by atoms with Crippen LogP contribution in [0.1, 0.15) is 55.9 Å². The van der Waals surface area contributed by atoms with Gasteiger partial charge in [0, 0.05) is 27.7 Å². The summed E-state index contributed by atoms with van der Waals surface area (Å²) in [6, 6.07) is 17.2. The van der Waals surface area contributed by atoms with Gasteiger partial charge in [0.25, 0.3) is 5.91 Å². The van der Waals surface area contributed by atoms with E-state index in [-0.39, 0.29) is 17.9 Å². The van der Waals surface area contributed by atoms with Crippen LogP contribution in [-0.4, -0.2) is 28.0 Å². The number of rotatable bonds is 3. The first-order valence-electron chi connectivity index (χ1n) is 11.5. The van der Waals surface area contributed by atoms with Gasteiger partial charge in [-0.15, -0.1) is 0 Å². The van der Waals surface area contributed by atoms with E-state index in [0.29, 0.717) is 22.9 Å². The van der Waals surface area contributed by atoms with Gasteiger partial charge in [0.05, 0.1) is 6.54 Å². The zero-order valence-electron chi connectivity index (χ0n) is 18.3. The topological polar surface area (TPSA) is 54.3 Å². The van der Waals surface area contributed by atoms with Crippen LogP contribution in [-0.2, 0) is 11.3 Å². The molecule has 5 nitrogen and oxygen atoms in total. The molecular weight excluding hydrogens is 422 g/mol. The molecule has 2 aromatic carbocycles. The monoisotopic (exact) mass is 449 g/mol. The fourth-order valence-electron chi connectivity index (χ4n) is 5.23. The van der Waals surface area contributed by atoms with E-state index in [9.17, 15) is 9.59 Å². The molecule has 2 heterocycles. The van der Waals surface area contributed by atoms with Crippen molar-refractivity contribution in [1.29, 1.82) is 0 Å². The molecule has 166 valence electrons. The summed E-state index contributed by atoms with van der Waals surface area (Å²) in [4.78, 5) is 29.3. The second-order valence-electron chi connectivity index (χ2n) is 9.23. The normalized spacial score (nSPS) is 21.9. The van der Waals surface area contributed by atoms with Gasteiger partial charge in [-0.3, -0.25) is 14.5 Å². The number of aromatic nitrogens is 1. The third-order valence-electron chi connectivity index (χ3n) is 6.94. The second kappa shape index (κ2) is 8.28. The summed E-state index contributed by atoms with van der Waals surface area (Å²) in [6.45, 7) is 2.25. The van der Waals surface area contributed by atoms with E-state index < -0.39 is 5.54 Å². The van der Waals surface area contributed by atoms with Crippen molar-refractivity contribution in [3.05, 3.63) is 65.3 Å². The van der Waals surface area contributed by atoms with Crippen LogP contribution in [0.25, 0.3) is 10.9 Å². The van der Waals surface area contributed by atoms with Crippen molar-refractivity contribution >= 4 is 40.0 Å². The van der Waals surface area contributed by atoms with Crippen LogP contribution < -0.4 is 10.2 Å². The number of para-hydroxylation sites is 1. The molecule has 1 aromatic heterocycles. The first kappa shape index (κ1) is 21.1. The van der Waals surface area contributed by atoms with Crippen LogP contribution in [0.5, 0.6) is 0 Å². The quantitative estimate of drug-likeness (QED) is 0.533. The van der Waals surface area contributed by atoms with E-state index in [1.165, 1.54) is 12.8 Å². The Morgan fingerprint density at radius 2 is 1.78 bits per heavy atom. The molecular formula is C26H28ClN3O2. The van der Waals surface area contributed by atoms with Crippen molar-refractivity contribution in [2.45, 2.75) is 63.6 Å². The standard InChI is InChI=1S/C26H28ClN3O2/c1-26(25(32)28-20-11-4-2-3-5-12-20)17-29-22-14-7-6-9-18(22)15-23(29)24(31)30(26)21-13-8-10-19(27)16-21/h6-10,13-16,20H,2-5,11-12,17H2,1H3,(H,28,32)/t26-/m1/s1. The third-order valence-corrected chi connectivity index (χ3v) is 7.17. The van der Waals surface area contributed by atoms with Gasteiger partial charge in [0.15, 0.2) is 0 Å². The van der Waals surface area contributed by atoms with Crippen molar-refractivity contribution in [3.8, 4) is 0 Å². The maximum absolute atomic E-state index is 13.8. The van der Waals surface area contributed by atoms with Gasteiger partial charge >= 0.3 is 0 Å². The molecule has 0 radical (unpaired) electrons. The van der Waals surface area contributed by atoms with E-state index in [2.05, 4.69) is 5.32 Å². The van der Waals surface area contributed by atoms with Crippen LogP contribution in [0.15, 0.2) is 54.6 Å². The number of hydrogen-bond donors (Lipinski definition) is 1. The molecule has 0 unspecified atom stereocenters. The van der Waals surface area contributed by atoms with Gasteiger partial charge in [-0.1, -0.05) is 61.5 Å². The molecule has 1 atom stereocenters. The van der Waals surface area contributed by atoms with Gasteiger partial charge in [0.2, 0.25) is 5.91 Å². The number of fused-ring (bicyclic) bond motifs is 3. The Kier molecular flexibility index (Phi) is 5.46. The van der Waals surface area contributed by atoms with Gasteiger partial charge in [-0.2, -0.15) is 0 Å². The fraction of sp³-hybridized carbons (Fsp3) is 0.385. The number of halogens is 1. The Morgan fingerprint density at radius 3 is 2.53 bits per heavy atom. The third kappa shape index (κ3) is 3.58. The molecule has 2 amide bonds. The molecule has 2 aliphatic rings. The lowest BCUT2D eigenvalue weighted by atomic mass is 9.92. The molecule has 1 fully saturated rings. The van der Waals surface area contributed by atoms with E-state index >= 15 is 0 Å². The Balaban J connectivity index is 1.60.